The van der Waals surface area contributed by atoms with Crippen molar-refractivity contribution in [1.29, 1.82) is 0 Å². The first-order valence-electron chi connectivity index (χ1n) is 5.81. The second-order valence-corrected chi connectivity index (χ2v) is 7.42. The summed E-state index contributed by atoms with van der Waals surface area (Å²) in [4.78, 5) is 10.4. The summed E-state index contributed by atoms with van der Waals surface area (Å²) < 4.78 is 25.1. The summed E-state index contributed by atoms with van der Waals surface area (Å²) in [5.41, 5.74) is 0.673. The van der Waals surface area contributed by atoms with Gasteiger partial charge in [-0.15, -0.1) is 0 Å². The van der Waals surface area contributed by atoms with Crippen LogP contribution in [0.2, 0.25) is 10.0 Å². The molecule has 1 aromatic rings. The largest absolute Gasteiger partial charge is 0.481 e. The molecule has 0 spiro atoms. The lowest BCUT2D eigenvalue weighted by molar-refractivity contribution is -0.137. The number of rotatable bonds is 7. The van der Waals surface area contributed by atoms with Gasteiger partial charge < -0.3 is 5.11 Å². The lowest BCUT2D eigenvalue weighted by Crippen LogP contribution is -2.29. The van der Waals surface area contributed by atoms with Crippen molar-refractivity contribution in [1.82, 2.24) is 4.31 Å². The molecule has 0 unspecified atom stereocenters. The fraction of sp³-hybridized carbons (Fsp3) is 0.417. The molecule has 5 nitrogen and oxygen atoms in total. The van der Waals surface area contributed by atoms with Gasteiger partial charge >= 0.3 is 5.97 Å². The summed E-state index contributed by atoms with van der Waals surface area (Å²) in [5, 5.41) is 9.38. The monoisotopic (exact) mass is 339 g/mol. The van der Waals surface area contributed by atoms with E-state index in [0.29, 0.717) is 15.6 Å². The number of hydrogen-bond donors (Lipinski definition) is 1. The highest BCUT2D eigenvalue weighted by atomic mass is 35.5. The second kappa shape index (κ2) is 7.26. The van der Waals surface area contributed by atoms with E-state index in [1.165, 1.54) is 7.05 Å². The summed E-state index contributed by atoms with van der Waals surface area (Å²) in [7, 11) is -2.06. The minimum Gasteiger partial charge on any atom is -0.481 e. The number of nitrogens with zero attached hydrogens (tertiary/aromatic N) is 1. The molecule has 0 heterocycles. The van der Waals surface area contributed by atoms with Crippen LogP contribution in [0.25, 0.3) is 0 Å². The number of carbonyl (C=O) groups is 1. The number of carboxylic acid groups (broad SMARTS) is 1. The Morgan fingerprint density at radius 1 is 1.25 bits per heavy atom. The summed E-state index contributed by atoms with van der Waals surface area (Å²) in [5.74, 6) is -1.21. The van der Waals surface area contributed by atoms with E-state index in [-0.39, 0.29) is 25.1 Å². The lowest BCUT2D eigenvalue weighted by atomic mass is 10.2. The molecular formula is C12H15Cl2NO4S. The number of carboxylic acids is 1. The van der Waals surface area contributed by atoms with Crippen molar-refractivity contribution >= 4 is 39.2 Å². The summed E-state index contributed by atoms with van der Waals surface area (Å²) in [6, 6.07) is 4.83. The zero-order chi connectivity index (χ0) is 15.3. The van der Waals surface area contributed by atoms with Crippen molar-refractivity contribution in [3.05, 3.63) is 33.8 Å². The third-order valence-corrected chi connectivity index (χ3v) is 4.92. The Hall–Kier alpha value is -0.820. The minimum atomic E-state index is -3.50. The van der Waals surface area contributed by atoms with Gasteiger partial charge in [0.15, 0.2) is 0 Å². The maximum absolute atomic E-state index is 12.0. The van der Waals surface area contributed by atoms with Crippen LogP contribution in [-0.2, 0) is 21.4 Å². The van der Waals surface area contributed by atoms with Crippen molar-refractivity contribution in [3.8, 4) is 0 Å². The Labute approximate surface area is 128 Å². The molecule has 0 radical (unpaired) electrons. The van der Waals surface area contributed by atoms with E-state index in [9.17, 15) is 13.2 Å². The van der Waals surface area contributed by atoms with Crippen LogP contribution < -0.4 is 0 Å². The van der Waals surface area contributed by atoms with Crippen LogP contribution in [0, 0.1) is 0 Å². The summed E-state index contributed by atoms with van der Waals surface area (Å²) in [6.07, 6.45) is -0.0889. The highest BCUT2D eigenvalue weighted by Gasteiger charge is 2.18. The first kappa shape index (κ1) is 17.2. The third kappa shape index (κ3) is 5.66. The molecule has 112 valence electrons. The van der Waals surface area contributed by atoms with E-state index in [4.69, 9.17) is 28.3 Å². The molecule has 0 aliphatic carbocycles. The van der Waals surface area contributed by atoms with Gasteiger partial charge in [0.2, 0.25) is 10.0 Å². The van der Waals surface area contributed by atoms with Gasteiger partial charge in [0, 0.05) is 30.1 Å². The van der Waals surface area contributed by atoms with Crippen molar-refractivity contribution in [2.75, 3.05) is 12.8 Å². The molecule has 0 atom stereocenters. The molecule has 20 heavy (non-hydrogen) atoms. The average molecular weight is 340 g/mol. The molecule has 0 saturated heterocycles. The normalized spacial score (nSPS) is 11.8. The highest BCUT2D eigenvalue weighted by molar-refractivity contribution is 7.89. The van der Waals surface area contributed by atoms with Crippen LogP contribution in [0.15, 0.2) is 18.2 Å². The van der Waals surface area contributed by atoms with Crippen LogP contribution in [0.3, 0.4) is 0 Å². The zero-order valence-electron chi connectivity index (χ0n) is 10.8. The minimum absolute atomic E-state index is 0.0817. The van der Waals surface area contributed by atoms with Crippen LogP contribution in [0.5, 0.6) is 0 Å². The Morgan fingerprint density at radius 3 is 2.30 bits per heavy atom. The molecular weight excluding hydrogens is 325 g/mol. The Bertz CT molecular complexity index is 569. The SMILES string of the molecule is CN(Cc1cc(Cl)cc(Cl)c1)S(=O)(=O)CCCC(=O)O. The van der Waals surface area contributed by atoms with Crippen molar-refractivity contribution < 1.29 is 18.3 Å². The topological polar surface area (TPSA) is 74.7 Å². The van der Waals surface area contributed by atoms with Crippen LogP contribution in [0.4, 0.5) is 0 Å². The number of halogens is 2. The molecule has 0 fully saturated rings. The van der Waals surface area contributed by atoms with Gasteiger partial charge in [0.1, 0.15) is 0 Å². The Balaban J connectivity index is 2.69. The summed E-state index contributed by atoms with van der Waals surface area (Å²) in [6.45, 7) is 0.135. The standard InChI is InChI=1S/C12H15Cl2NO4S/c1-15(20(18,19)4-2-3-12(16)17)8-9-5-10(13)7-11(14)6-9/h5-7H,2-4,8H2,1H3,(H,16,17). The first-order valence-corrected chi connectivity index (χ1v) is 8.18. The van der Waals surface area contributed by atoms with Gasteiger partial charge in [0.25, 0.3) is 0 Å². The van der Waals surface area contributed by atoms with E-state index in [0.717, 1.165) is 4.31 Å². The predicted octanol–water partition coefficient (Wildman–Crippen LogP) is 2.62. The number of hydrogen-bond acceptors (Lipinski definition) is 3. The highest BCUT2D eigenvalue weighted by Crippen LogP contribution is 2.20. The molecule has 0 amide bonds. The quantitative estimate of drug-likeness (QED) is 0.828. The van der Waals surface area contributed by atoms with Gasteiger partial charge in [-0.3, -0.25) is 4.79 Å². The van der Waals surface area contributed by atoms with Gasteiger partial charge in [-0.05, 0) is 30.2 Å². The number of aliphatic carboxylic acids is 1. The van der Waals surface area contributed by atoms with E-state index < -0.39 is 16.0 Å². The molecule has 0 aliphatic heterocycles. The van der Waals surface area contributed by atoms with E-state index >= 15 is 0 Å². The van der Waals surface area contributed by atoms with E-state index in [1.54, 1.807) is 18.2 Å². The number of benzene rings is 1. The van der Waals surface area contributed by atoms with Crippen molar-refractivity contribution in [2.24, 2.45) is 0 Å². The van der Waals surface area contributed by atoms with E-state index in [1.807, 2.05) is 0 Å². The lowest BCUT2D eigenvalue weighted by Gasteiger charge is -2.17. The van der Waals surface area contributed by atoms with E-state index in [2.05, 4.69) is 0 Å². The maximum Gasteiger partial charge on any atom is 0.303 e. The smallest absolute Gasteiger partial charge is 0.303 e. The van der Waals surface area contributed by atoms with Crippen LogP contribution in [-0.4, -0.2) is 36.6 Å². The zero-order valence-corrected chi connectivity index (χ0v) is 13.2. The van der Waals surface area contributed by atoms with Gasteiger partial charge in [-0.25, -0.2) is 12.7 Å². The van der Waals surface area contributed by atoms with Crippen molar-refractivity contribution in [2.45, 2.75) is 19.4 Å². The molecule has 1 aromatic carbocycles. The fourth-order valence-corrected chi connectivity index (χ4v) is 3.36. The molecule has 0 aromatic heterocycles. The van der Waals surface area contributed by atoms with Crippen LogP contribution >= 0.6 is 23.2 Å². The second-order valence-electron chi connectivity index (χ2n) is 4.35. The Kier molecular flexibility index (Phi) is 6.26. The molecule has 0 bridgehead atoms. The van der Waals surface area contributed by atoms with Crippen molar-refractivity contribution in [3.63, 3.8) is 0 Å². The van der Waals surface area contributed by atoms with Gasteiger partial charge in [-0.1, -0.05) is 23.2 Å². The third-order valence-electron chi connectivity index (χ3n) is 2.60. The predicted molar refractivity (Wildman–Crippen MR) is 78.6 cm³/mol. The first-order chi connectivity index (χ1) is 9.20. The fourth-order valence-electron chi connectivity index (χ4n) is 1.62. The molecule has 0 saturated carbocycles. The molecule has 8 heteroatoms. The Morgan fingerprint density at radius 2 is 1.80 bits per heavy atom. The van der Waals surface area contributed by atoms with Gasteiger partial charge in [0.05, 0.1) is 5.75 Å². The average Bonchev–Trinajstić information content (AvgIpc) is 2.26. The number of sulfonamides is 1. The van der Waals surface area contributed by atoms with Crippen LogP contribution in [0.1, 0.15) is 18.4 Å². The molecule has 1 rings (SSSR count). The molecule has 0 aliphatic rings. The van der Waals surface area contributed by atoms with Gasteiger partial charge in [-0.2, -0.15) is 0 Å². The molecule has 1 N–H and O–H groups in total. The maximum atomic E-state index is 12.0. The summed E-state index contributed by atoms with van der Waals surface area (Å²) >= 11 is 11.7.